The minimum absolute atomic E-state index is 0.347. The molecule has 0 aliphatic carbocycles. The Hall–Kier alpha value is -3.31. The van der Waals surface area contributed by atoms with Crippen LogP contribution in [0.1, 0.15) is 0 Å². The molecular weight excluding hydrogens is 488 g/mol. The van der Waals surface area contributed by atoms with Crippen molar-refractivity contribution in [2.75, 3.05) is 41.7 Å². The van der Waals surface area contributed by atoms with Crippen molar-refractivity contribution in [3.63, 3.8) is 0 Å². The molecule has 1 aliphatic heterocycles. The van der Waals surface area contributed by atoms with Gasteiger partial charge in [0.25, 0.3) is 5.56 Å². The summed E-state index contributed by atoms with van der Waals surface area (Å²) in [6.45, 7) is 3.54. The highest BCUT2D eigenvalue weighted by molar-refractivity contribution is 7.99. The summed E-state index contributed by atoms with van der Waals surface area (Å²) in [5, 5.41) is 1.39. The lowest BCUT2D eigenvalue weighted by Gasteiger charge is -2.36. The van der Waals surface area contributed by atoms with Crippen LogP contribution in [0.5, 0.6) is 0 Å². The van der Waals surface area contributed by atoms with E-state index in [0.717, 1.165) is 36.4 Å². The van der Waals surface area contributed by atoms with Gasteiger partial charge in [0.2, 0.25) is 5.95 Å². The van der Waals surface area contributed by atoms with Gasteiger partial charge in [0, 0.05) is 75.7 Å². The third-order valence-electron chi connectivity index (χ3n) is 6.15. The number of benzene rings is 1. The van der Waals surface area contributed by atoms with Gasteiger partial charge in [-0.3, -0.25) is 13.9 Å². The third kappa shape index (κ3) is 4.53. The maximum absolute atomic E-state index is 13.1. The van der Waals surface area contributed by atoms with E-state index in [-0.39, 0.29) is 5.56 Å². The van der Waals surface area contributed by atoms with Gasteiger partial charge in [0.15, 0.2) is 16.3 Å². The number of aromatic nitrogens is 6. The zero-order valence-electron chi connectivity index (χ0n) is 19.5. The smallest absolute Gasteiger partial charge is 0.332 e. The van der Waals surface area contributed by atoms with Gasteiger partial charge in [0.1, 0.15) is 0 Å². The van der Waals surface area contributed by atoms with Crippen molar-refractivity contribution in [1.29, 1.82) is 0 Å². The van der Waals surface area contributed by atoms with Gasteiger partial charge in [-0.15, -0.1) is 0 Å². The summed E-state index contributed by atoms with van der Waals surface area (Å²) < 4.78 is 4.50. The topological polar surface area (TPSA) is 94.1 Å². The zero-order valence-corrected chi connectivity index (χ0v) is 21.0. The average molecular weight is 513 g/mol. The van der Waals surface area contributed by atoms with Crippen molar-refractivity contribution in [1.82, 2.24) is 28.7 Å². The Morgan fingerprint density at radius 3 is 2.40 bits per heavy atom. The van der Waals surface area contributed by atoms with Gasteiger partial charge >= 0.3 is 5.69 Å². The van der Waals surface area contributed by atoms with Gasteiger partial charge in [-0.1, -0.05) is 29.4 Å². The molecule has 12 heteroatoms. The van der Waals surface area contributed by atoms with E-state index < -0.39 is 5.69 Å². The molecule has 0 saturated carbocycles. The van der Waals surface area contributed by atoms with E-state index in [1.165, 1.54) is 23.4 Å². The first-order chi connectivity index (χ1) is 16.9. The number of halogens is 1. The lowest BCUT2D eigenvalue weighted by Crippen LogP contribution is -2.47. The molecule has 0 atom stereocenters. The van der Waals surface area contributed by atoms with Crippen LogP contribution in [0.4, 0.5) is 11.6 Å². The van der Waals surface area contributed by atoms with Gasteiger partial charge in [-0.2, -0.15) is 4.98 Å². The summed E-state index contributed by atoms with van der Waals surface area (Å²) in [5.41, 5.74) is 1.17. The molecule has 1 aliphatic rings. The van der Waals surface area contributed by atoms with Crippen molar-refractivity contribution >= 4 is 46.2 Å². The summed E-state index contributed by atoms with van der Waals surface area (Å²) in [6, 6.07) is 9.62. The number of nitrogens with zero attached hydrogens (tertiary/aromatic N) is 8. The Kier molecular flexibility index (Phi) is 6.52. The molecule has 0 spiro atoms. The van der Waals surface area contributed by atoms with Gasteiger partial charge in [-0.25, -0.2) is 14.8 Å². The Morgan fingerprint density at radius 1 is 0.971 bits per heavy atom. The van der Waals surface area contributed by atoms with E-state index >= 15 is 0 Å². The van der Waals surface area contributed by atoms with E-state index in [0.29, 0.717) is 39.6 Å². The summed E-state index contributed by atoms with van der Waals surface area (Å²) >= 11 is 7.69. The standard InChI is InChI=1S/C23H25ClN8O2S/c1-28-19-18(20(33)29(2)23(28)34)32(13-14-35-21-25-7-4-8-26-21)22(27-19)31-11-9-30(10-12-31)17-6-3-5-16(24)15-17/h3-8,15H,9-14H2,1-2H3. The Morgan fingerprint density at radius 2 is 1.69 bits per heavy atom. The normalized spacial score (nSPS) is 14.1. The van der Waals surface area contributed by atoms with Crippen LogP contribution < -0.4 is 21.0 Å². The van der Waals surface area contributed by atoms with Crippen molar-refractivity contribution in [2.24, 2.45) is 14.1 Å². The Labute approximate surface area is 210 Å². The monoisotopic (exact) mass is 512 g/mol. The molecule has 10 nitrogen and oxygen atoms in total. The summed E-state index contributed by atoms with van der Waals surface area (Å²) in [7, 11) is 3.15. The van der Waals surface area contributed by atoms with Crippen LogP contribution in [-0.4, -0.2) is 60.6 Å². The first kappa shape index (κ1) is 23.4. The molecule has 5 rings (SSSR count). The minimum Gasteiger partial charge on any atom is -0.368 e. The molecule has 0 N–H and O–H groups in total. The molecule has 1 aromatic carbocycles. The number of fused-ring (bicyclic) bond motifs is 1. The fourth-order valence-corrected chi connectivity index (χ4v) is 5.23. The number of rotatable bonds is 6. The maximum atomic E-state index is 13.1. The van der Waals surface area contributed by atoms with Gasteiger partial charge in [-0.05, 0) is 24.3 Å². The number of hydrogen-bond donors (Lipinski definition) is 0. The lowest BCUT2D eigenvalue weighted by molar-refractivity contribution is 0.622. The van der Waals surface area contributed by atoms with E-state index in [4.69, 9.17) is 16.6 Å². The largest absolute Gasteiger partial charge is 0.368 e. The molecule has 3 aromatic heterocycles. The highest BCUT2D eigenvalue weighted by Crippen LogP contribution is 2.25. The molecule has 0 unspecified atom stereocenters. The highest BCUT2D eigenvalue weighted by atomic mass is 35.5. The van der Waals surface area contributed by atoms with Gasteiger partial charge in [0.05, 0.1) is 0 Å². The second kappa shape index (κ2) is 9.74. The Bertz CT molecular complexity index is 1470. The van der Waals surface area contributed by atoms with Crippen molar-refractivity contribution in [2.45, 2.75) is 11.7 Å². The average Bonchev–Trinajstić information content (AvgIpc) is 3.26. The minimum atomic E-state index is -0.392. The second-order valence-electron chi connectivity index (χ2n) is 8.28. The molecular formula is C23H25ClN8O2S. The number of aryl methyl sites for hydroxylation is 2. The molecule has 0 bridgehead atoms. The molecule has 1 saturated heterocycles. The molecule has 4 aromatic rings. The maximum Gasteiger partial charge on any atom is 0.332 e. The number of hydrogen-bond acceptors (Lipinski definition) is 8. The molecule has 1 fully saturated rings. The van der Waals surface area contributed by atoms with Crippen LogP contribution in [0.25, 0.3) is 11.2 Å². The van der Waals surface area contributed by atoms with E-state index in [1.54, 1.807) is 25.5 Å². The number of thioether (sulfide) groups is 1. The molecule has 0 amide bonds. The second-order valence-corrected chi connectivity index (χ2v) is 9.77. The number of piperazine rings is 1. The first-order valence-corrected chi connectivity index (χ1v) is 12.6. The van der Waals surface area contributed by atoms with Gasteiger partial charge < -0.3 is 14.4 Å². The predicted molar refractivity (Wildman–Crippen MR) is 139 cm³/mol. The fraction of sp³-hybridized carbons (Fsp3) is 0.348. The van der Waals surface area contributed by atoms with E-state index in [9.17, 15) is 9.59 Å². The molecule has 182 valence electrons. The molecule has 4 heterocycles. The molecule has 0 radical (unpaired) electrons. The predicted octanol–water partition coefficient (Wildman–Crippen LogP) is 2.00. The van der Waals surface area contributed by atoms with Crippen LogP contribution >= 0.6 is 23.4 Å². The lowest BCUT2D eigenvalue weighted by atomic mass is 10.2. The Balaban J connectivity index is 1.46. The van der Waals surface area contributed by atoms with Crippen molar-refractivity contribution in [3.05, 3.63) is 68.6 Å². The number of anilines is 2. The first-order valence-electron chi connectivity index (χ1n) is 11.3. The van der Waals surface area contributed by atoms with Crippen LogP contribution in [0.15, 0.2) is 57.5 Å². The third-order valence-corrected chi connectivity index (χ3v) is 7.24. The summed E-state index contributed by atoms with van der Waals surface area (Å²) in [4.78, 5) is 43.5. The fourth-order valence-electron chi connectivity index (χ4n) is 4.31. The van der Waals surface area contributed by atoms with E-state index in [2.05, 4.69) is 25.8 Å². The van der Waals surface area contributed by atoms with Crippen molar-refractivity contribution in [3.8, 4) is 0 Å². The van der Waals surface area contributed by atoms with Crippen LogP contribution in [0.2, 0.25) is 5.02 Å². The SMILES string of the molecule is Cn1c(=O)c2c(nc(N3CCN(c4cccc(Cl)c4)CC3)n2CCSc2ncccn2)n(C)c1=O. The van der Waals surface area contributed by atoms with Crippen LogP contribution in [0.3, 0.4) is 0 Å². The highest BCUT2D eigenvalue weighted by Gasteiger charge is 2.25. The van der Waals surface area contributed by atoms with Crippen LogP contribution in [-0.2, 0) is 20.6 Å². The van der Waals surface area contributed by atoms with Crippen LogP contribution in [0, 0.1) is 0 Å². The molecule has 35 heavy (non-hydrogen) atoms. The quantitative estimate of drug-likeness (QED) is 0.286. The number of imidazole rings is 1. The summed E-state index contributed by atoms with van der Waals surface area (Å²) in [6.07, 6.45) is 3.41. The van der Waals surface area contributed by atoms with Crippen molar-refractivity contribution < 1.29 is 0 Å². The zero-order chi connectivity index (χ0) is 24.5. The summed E-state index contributed by atoms with van der Waals surface area (Å²) in [5.74, 6) is 1.34. The van der Waals surface area contributed by atoms with E-state index in [1.807, 2.05) is 22.8 Å².